The van der Waals surface area contributed by atoms with E-state index < -0.39 is 6.03 Å². The first kappa shape index (κ1) is 18.5. The molecular formula is C22H30N2O3. The van der Waals surface area contributed by atoms with Crippen molar-refractivity contribution in [2.45, 2.75) is 75.9 Å². The molecule has 146 valence electrons. The number of amides is 3. The number of ether oxygens (including phenoxy) is 1. The lowest BCUT2D eigenvalue weighted by Crippen LogP contribution is -2.45. The zero-order valence-corrected chi connectivity index (χ0v) is 16.1. The minimum Gasteiger partial charge on any atom is -0.381 e. The molecule has 1 atom stereocenters. The third kappa shape index (κ3) is 3.49. The molecule has 3 amide bonds. The molecule has 4 rings (SSSR count). The van der Waals surface area contributed by atoms with Crippen molar-refractivity contribution in [3.8, 4) is 0 Å². The molecule has 5 heteroatoms. The van der Waals surface area contributed by atoms with Crippen molar-refractivity contribution in [2.75, 3.05) is 7.11 Å². The molecule has 0 radical (unpaired) electrons. The van der Waals surface area contributed by atoms with Crippen molar-refractivity contribution in [1.29, 1.82) is 0 Å². The van der Waals surface area contributed by atoms with Crippen molar-refractivity contribution in [2.24, 2.45) is 5.41 Å². The monoisotopic (exact) mass is 370 g/mol. The summed E-state index contributed by atoms with van der Waals surface area (Å²) < 4.78 is 5.57. The molecule has 0 heterocycles. The molecule has 0 saturated heterocycles. The van der Waals surface area contributed by atoms with Gasteiger partial charge in [0.2, 0.25) is 6.41 Å². The number of fused-ring (bicyclic) bond motifs is 1. The Balaban J connectivity index is 1.64. The lowest BCUT2D eigenvalue weighted by atomic mass is 9.68. The van der Waals surface area contributed by atoms with E-state index in [9.17, 15) is 9.59 Å². The first-order valence-corrected chi connectivity index (χ1v) is 10.3. The van der Waals surface area contributed by atoms with Gasteiger partial charge in [-0.15, -0.1) is 0 Å². The molecule has 0 aliphatic heterocycles. The fraction of sp³-hybridized carbons (Fsp3) is 0.636. The van der Waals surface area contributed by atoms with E-state index in [0.717, 1.165) is 32.1 Å². The van der Waals surface area contributed by atoms with Crippen LogP contribution in [0, 0.1) is 5.41 Å². The molecule has 27 heavy (non-hydrogen) atoms. The van der Waals surface area contributed by atoms with Crippen molar-refractivity contribution < 1.29 is 14.3 Å². The van der Waals surface area contributed by atoms with E-state index in [4.69, 9.17) is 4.74 Å². The Kier molecular flexibility index (Phi) is 5.22. The Bertz CT molecular complexity index is 704. The average molecular weight is 370 g/mol. The van der Waals surface area contributed by atoms with E-state index in [1.54, 1.807) is 7.11 Å². The average Bonchev–Trinajstić information content (AvgIpc) is 3.30. The van der Waals surface area contributed by atoms with Crippen molar-refractivity contribution >= 4 is 12.4 Å². The van der Waals surface area contributed by atoms with E-state index in [1.165, 1.54) is 42.4 Å². The van der Waals surface area contributed by atoms with Gasteiger partial charge in [0.05, 0.1) is 12.1 Å². The lowest BCUT2D eigenvalue weighted by molar-refractivity contribution is -0.108. The van der Waals surface area contributed by atoms with Crippen molar-refractivity contribution in [1.82, 2.24) is 10.6 Å². The summed E-state index contributed by atoms with van der Waals surface area (Å²) >= 11 is 0. The third-order valence-corrected chi connectivity index (χ3v) is 7.19. The maximum absolute atomic E-state index is 12.2. The fourth-order valence-electron chi connectivity index (χ4n) is 5.69. The summed E-state index contributed by atoms with van der Waals surface area (Å²) in [6.07, 6.45) is 11.0. The van der Waals surface area contributed by atoms with Crippen LogP contribution in [0.5, 0.6) is 0 Å². The largest absolute Gasteiger partial charge is 0.381 e. The second-order valence-electron chi connectivity index (χ2n) is 8.58. The molecule has 2 saturated carbocycles. The Labute approximate surface area is 161 Å². The first-order valence-electron chi connectivity index (χ1n) is 10.3. The molecule has 5 nitrogen and oxygen atoms in total. The van der Waals surface area contributed by atoms with Gasteiger partial charge < -0.3 is 10.1 Å². The van der Waals surface area contributed by atoms with Gasteiger partial charge in [-0.25, -0.2) is 4.79 Å². The first-order chi connectivity index (χ1) is 13.1. The Hall–Kier alpha value is -1.88. The van der Waals surface area contributed by atoms with Gasteiger partial charge in [-0.05, 0) is 73.0 Å². The summed E-state index contributed by atoms with van der Waals surface area (Å²) in [5.41, 5.74) is 4.06. The number of methoxy groups -OCH3 is 1. The van der Waals surface area contributed by atoms with Crippen LogP contribution in [0.4, 0.5) is 4.79 Å². The highest BCUT2D eigenvalue weighted by Gasteiger charge is 2.48. The SMILES string of the molecule is COC1CCC2(CC1)Cc1ccc(C3CCCC3)cc1C2NC(=O)NC=O. The summed E-state index contributed by atoms with van der Waals surface area (Å²) in [4.78, 5) is 22.9. The number of hydrogen-bond acceptors (Lipinski definition) is 3. The molecule has 0 aromatic heterocycles. The van der Waals surface area contributed by atoms with Crippen LogP contribution in [0.15, 0.2) is 18.2 Å². The molecular weight excluding hydrogens is 340 g/mol. The Morgan fingerprint density at radius 2 is 1.93 bits per heavy atom. The van der Waals surface area contributed by atoms with E-state index in [-0.39, 0.29) is 11.5 Å². The van der Waals surface area contributed by atoms with Crippen LogP contribution in [0.25, 0.3) is 0 Å². The molecule has 1 aromatic rings. The summed E-state index contributed by atoms with van der Waals surface area (Å²) in [6.45, 7) is 0. The second-order valence-corrected chi connectivity index (χ2v) is 8.58. The van der Waals surface area contributed by atoms with Crippen molar-refractivity contribution in [3.05, 3.63) is 34.9 Å². The Morgan fingerprint density at radius 1 is 1.19 bits per heavy atom. The van der Waals surface area contributed by atoms with Gasteiger partial charge in [0.15, 0.2) is 0 Å². The zero-order chi connectivity index (χ0) is 18.9. The fourth-order valence-corrected chi connectivity index (χ4v) is 5.69. The van der Waals surface area contributed by atoms with E-state index in [0.29, 0.717) is 18.4 Å². The Morgan fingerprint density at radius 3 is 2.59 bits per heavy atom. The van der Waals surface area contributed by atoms with Crippen LogP contribution in [-0.4, -0.2) is 25.7 Å². The number of hydrogen-bond donors (Lipinski definition) is 2. The molecule has 3 aliphatic rings. The summed E-state index contributed by atoms with van der Waals surface area (Å²) in [7, 11) is 1.78. The summed E-state index contributed by atoms with van der Waals surface area (Å²) in [5, 5.41) is 5.38. The van der Waals surface area contributed by atoms with Crippen LogP contribution in [0.1, 0.15) is 80.0 Å². The summed E-state index contributed by atoms with van der Waals surface area (Å²) in [6, 6.07) is 6.49. The second kappa shape index (κ2) is 7.63. The van der Waals surface area contributed by atoms with Crippen LogP contribution in [0.2, 0.25) is 0 Å². The molecule has 0 bridgehead atoms. The maximum Gasteiger partial charge on any atom is 0.321 e. The van der Waals surface area contributed by atoms with E-state index in [1.807, 2.05) is 0 Å². The topological polar surface area (TPSA) is 67.4 Å². The number of rotatable bonds is 4. The predicted octanol–water partition coefficient (Wildman–Crippen LogP) is 3.97. The number of urea groups is 1. The van der Waals surface area contributed by atoms with Gasteiger partial charge in [-0.3, -0.25) is 10.1 Å². The van der Waals surface area contributed by atoms with Crippen LogP contribution >= 0.6 is 0 Å². The number of nitrogens with one attached hydrogen (secondary N) is 2. The molecule has 2 N–H and O–H groups in total. The van der Waals surface area contributed by atoms with Gasteiger partial charge in [0.25, 0.3) is 0 Å². The van der Waals surface area contributed by atoms with Gasteiger partial charge in [0.1, 0.15) is 0 Å². The van der Waals surface area contributed by atoms with E-state index >= 15 is 0 Å². The number of imide groups is 1. The third-order valence-electron chi connectivity index (χ3n) is 7.19. The van der Waals surface area contributed by atoms with Crippen molar-refractivity contribution in [3.63, 3.8) is 0 Å². The predicted molar refractivity (Wildman–Crippen MR) is 104 cm³/mol. The standard InChI is InChI=1S/C22H30N2O3/c1-27-18-8-10-22(11-9-18)13-17-7-6-16(15-4-2-3-5-15)12-19(17)20(22)24-21(26)23-14-25/h6-7,12,14-15,18,20H,2-5,8-11,13H2,1H3,(H2,23,24,25,26). The zero-order valence-electron chi connectivity index (χ0n) is 16.1. The molecule has 2 fully saturated rings. The van der Waals surface area contributed by atoms with Gasteiger partial charge >= 0.3 is 6.03 Å². The number of carbonyl (C=O) groups is 2. The van der Waals surface area contributed by atoms with E-state index in [2.05, 4.69) is 28.8 Å². The number of benzene rings is 1. The highest BCUT2D eigenvalue weighted by Crippen LogP contribution is 2.55. The molecule has 1 spiro atoms. The highest BCUT2D eigenvalue weighted by molar-refractivity contribution is 5.84. The van der Waals surface area contributed by atoms with Crippen LogP contribution in [0.3, 0.4) is 0 Å². The molecule has 1 unspecified atom stereocenters. The van der Waals surface area contributed by atoms with Gasteiger partial charge in [-0.2, -0.15) is 0 Å². The minimum atomic E-state index is -0.401. The lowest BCUT2D eigenvalue weighted by Gasteiger charge is -2.41. The molecule has 3 aliphatic carbocycles. The minimum absolute atomic E-state index is 0.0336. The number of carbonyl (C=O) groups excluding carboxylic acids is 2. The molecule has 1 aromatic carbocycles. The van der Waals surface area contributed by atoms with Gasteiger partial charge in [-0.1, -0.05) is 31.0 Å². The normalized spacial score (nSPS) is 30.3. The maximum atomic E-state index is 12.2. The quantitative estimate of drug-likeness (QED) is 0.788. The van der Waals surface area contributed by atoms with Crippen LogP contribution in [-0.2, 0) is 16.0 Å². The van der Waals surface area contributed by atoms with Gasteiger partial charge in [0, 0.05) is 7.11 Å². The smallest absolute Gasteiger partial charge is 0.321 e. The summed E-state index contributed by atoms with van der Waals surface area (Å²) in [5.74, 6) is 0.653. The highest BCUT2D eigenvalue weighted by atomic mass is 16.5. The van der Waals surface area contributed by atoms with Crippen LogP contribution < -0.4 is 10.6 Å².